The Bertz CT molecular complexity index is 1200. The van der Waals surface area contributed by atoms with Crippen LogP contribution in [0, 0.1) is 23.8 Å². The van der Waals surface area contributed by atoms with Gasteiger partial charge in [-0.2, -0.15) is 23.3 Å². The summed E-state index contributed by atoms with van der Waals surface area (Å²) in [5.41, 5.74) is 6.70. The van der Waals surface area contributed by atoms with Gasteiger partial charge in [-0.3, -0.25) is 12.2 Å². The van der Waals surface area contributed by atoms with E-state index in [1.165, 1.54) is 35.4 Å². The van der Waals surface area contributed by atoms with E-state index in [0.29, 0.717) is 0 Å². The Labute approximate surface area is 247 Å². The Balaban J connectivity index is 0.000000275. The van der Waals surface area contributed by atoms with Crippen LogP contribution in [0.25, 0.3) is 11.1 Å². The Kier molecular flexibility index (Phi) is 15.1. The third kappa shape index (κ3) is 10.4. The summed E-state index contributed by atoms with van der Waals surface area (Å²) in [5, 5.41) is 1.56. The largest absolute Gasteiger partial charge is 1.00 e. The fourth-order valence-corrected chi connectivity index (χ4v) is 5.65. The Morgan fingerprint density at radius 2 is 1.03 bits per heavy atom. The van der Waals surface area contributed by atoms with Gasteiger partial charge in [0.15, 0.2) is 0 Å². The van der Waals surface area contributed by atoms with Gasteiger partial charge in [0, 0.05) is 0 Å². The molecule has 37 heavy (non-hydrogen) atoms. The van der Waals surface area contributed by atoms with Crippen molar-refractivity contribution >= 4 is 21.8 Å². The summed E-state index contributed by atoms with van der Waals surface area (Å²) in [6.45, 7) is 6.41. The number of rotatable bonds is 3. The first kappa shape index (κ1) is 33.2. The zero-order valence-electron chi connectivity index (χ0n) is 21.1. The van der Waals surface area contributed by atoms with E-state index in [0.717, 1.165) is 35.1 Å². The Morgan fingerprint density at radius 1 is 0.649 bits per heavy atom. The number of allylic oxidation sites excluding steroid dienone is 8. The molecule has 2 aliphatic rings. The summed E-state index contributed by atoms with van der Waals surface area (Å²) in [5.74, 6) is -0.374. The van der Waals surface area contributed by atoms with Crippen LogP contribution in [-0.2, 0) is 23.3 Å². The van der Waals surface area contributed by atoms with Crippen LogP contribution >= 0.6 is 0 Å². The van der Waals surface area contributed by atoms with Gasteiger partial charge in [0.1, 0.15) is 11.6 Å². The quantitative estimate of drug-likeness (QED) is 0.307. The normalized spacial score (nSPS) is 13.2. The molecule has 0 unspecified atom stereocenters. The van der Waals surface area contributed by atoms with Crippen LogP contribution < -0.4 is 30.0 Å². The predicted octanol–water partition coefficient (Wildman–Crippen LogP) is 1.79. The summed E-state index contributed by atoms with van der Waals surface area (Å²) in [4.78, 5) is 0. The van der Waals surface area contributed by atoms with Crippen molar-refractivity contribution in [3.05, 3.63) is 137 Å². The van der Waals surface area contributed by atoms with Crippen LogP contribution in [0.3, 0.4) is 0 Å². The van der Waals surface area contributed by atoms with E-state index >= 15 is 0 Å². The van der Waals surface area contributed by atoms with Crippen molar-refractivity contribution in [1.29, 1.82) is 0 Å². The third-order valence-corrected chi connectivity index (χ3v) is 9.00. The zero-order valence-corrected chi connectivity index (χ0v) is 26.1. The summed E-state index contributed by atoms with van der Waals surface area (Å²) < 4.78 is 25.3. The van der Waals surface area contributed by atoms with Gasteiger partial charge >= 0.3 is 70.8 Å². The van der Waals surface area contributed by atoms with E-state index in [1.807, 2.05) is 13.8 Å². The minimum absolute atomic E-state index is 0. The molecule has 0 radical (unpaired) electrons. The molecule has 6 heteroatoms. The van der Waals surface area contributed by atoms with Crippen LogP contribution in [0.5, 0.6) is 0 Å². The average molecular weight is 629 g/mol. The van der Waals surface area contributed by atoms with Crippen molar-refractivity contribution in [2.24, 2.45) is 0 Å². The van der Waals surface area contributed by atoms with Crippen molar-refractivity contribution in [1.82, 2.24) is 0 Å². The molecular weight excluding hydrogens is 601 g/mol. The monoisotopic (exact) mass is 626 g/mol. The maximum atomic E-state index is 12.6. The van der Waals surface area contributed by atoms with Gasteiger partial charge in [0.25, 0.3) is 0 Å². The van der Waals surface area contributed by atoms with Gasteiger partial charge in [0.2, 0.25) is 0 Å². The second-order valence-corrected chi connectivity index (χ2v) is 15.6. The number of hydrogen-bond acceptors (Lipinski definition) is 0. The fourth-order valence-electron chi connectivity index (χ4n) is 3.72. The first-order chi connectivity index (χ1) is 16.8. The first-order valence-corrected chi connectivity index (χ1v) is 17.2. The molecule has 3 aromatic carbocycles. The molecule has 0 amide bonds. The average Bonchev–Trinajstić information content (AvgIpc) is 3.49. The van der Waals surface area contributed by atoms with Crippen LogP contribution in [-0.4, -0.2) is 5.43 Å². The molecule has 0 aromatic heterocycles. The maximum Gasteiger partial charge on any atom is -1.00 e. The zero-order chi connectivity index (χ0) is 25.2. The van der Waals surface area contributed by atoms with Crippen LogP contribution in [0.4, 0.5) is 8.78 Å². The summed E-state index contributed by atoms with van der Waals surface area (Å²) in [7, 11) is 0. The van der Waals surface area contributed by atoms with Crippen molar-refractivity contribution in [3.8, 4) is 0 Å². The maximum absolute atomic E-state index is 12.6. The van der Waals surface area contributed by atoms with Crippen molar-refractivity contribution < 1.29 is 56.9 Å². The molecule has 0 fully saturated rings. The van der Waals surface area contributed by atoms with Gasteiger partial charge in [-0.25, -0.2) is 19.9 Å². The van der Waals surface area contributed by atoms with E-state index < -0.39 is 0 Å². The molecule has 3 aromatic rings. The third-order valence-electron chi connectivity index (χ3n) is 5.67. The molecule has 0 atom stereocenters. The van der Waals surface area contributed by atoms with E-state index in [2.05, 4.69) is 61.2 Å². The Hall–Kier alpha value is -1.84. The van der Waals surface area contributed by atoms with Gasteiger partial charge in [-0.05, 0) is 24.3 Å². The number of benzene rings is 3. The molecule has 2 aliphatic carbocycles. The predicted molar refractivity (Wildman–Crippen MR) is 141 cm³/mol. The molecule has 0 saturated carbocycles. The second-order valence-electron chi connectivity index (χ2n) is 8.25. The van der Waals surface area contributed by atoms with Gasteiger partial charge in [-0.15, -0.1) is 24.0 Å². The van der Waals surface area contributed by atoms with E-state index in [-0.39, 0.29) is 41.9 Å². The van der Waals surface area contributed by atoms with Crippen molar-refractivity contribution in [3.63, 3.8) is 0 Å². The van der Waals surface area contributed by atoms with Crippen molar-refractivity contribution in [2.45, 2.75) is 33.2 Å². The van der Waals surface area contributed by atoms with Crippen LogP contribution in [0.1, 0.15) is 37.8 Å². The molecule has 0 saturated heterocycles. The van der Waals surface area contributed by atoms with E-state index in [1.54, 1.807) is 52.8 Å². The molecule has 0 heterocycles. The molecule has 5 rings (SSSR count). The Morgan fingerprint density at radius 3 is 1.30 bits per heavy atom. The van der Waals surface area contributed by atoms with E-state index in [4.69, 9.17) is 0 Å². The number of hydrogen-bond donors (Lipinski definition) is 0. The topological polar surface area (TPSA) is 0 Å². The first-order valence-electron chi connectivity index (χ1n) is 11.5. The minimum Gasteiger partial charge on any atom is -1.00 e. The van der Waals surface area contributed by atoms with Crippen LogP contribution in [0.15, 0.2) is 102 Å². The molecule has 0 N–H and O–H groups in total. The van der Waals surface area contributed by atoms with Crippen LogP contribution in [0.2, 0.25) is 6.55 Å². The fraction of sp³-hybridized carbons (Fsp3) is 0.161. The van der Waals surface area contributed by atoms with Gasteiger partial charge < -0.3 is 24.8 Å². The standard InChI is InChI=1S/2C12H10F.C7H8Si.2ClH.Zr/c2*1-9-3-2-4-12(9)10-5-7-11(13)8-6-10;1-8-7-5-3-2-4-6-7;;;/h2*4-8H,2H2,1H3;2-6H,1H3;2*1H;/q2*-1;;;;+2/p-2. The second kappa shape index (κ2) is 16.9. The molecule has 0 spiro atoms. The summed E-state index contributed by atoms with van der Waals surface area (Å²) >= 11 is 1.69. The summed E-state index contributed by atoms with van der Waals surface area (Å²) in [6, 6.07) is 23.9. The molecular formula is C31H28Cl2F2SiZr-2. The molecule has 0 nitrogen and oxygen atoms in total. The molecule has 0 bridgehead atoms. The molecule has 0 aliphatic heterocycles. The number of halogens is 4. The van der Waals surface area contributed by atoms with Crippen molar-refractivity contribution in [2.75, 3.05) is 0 Å². The minimum atomic E-state index is -0.187. The SMILES string of the molecule is CC1=[C-]CC=C1c1ccc(F)cc1.CC1=[C-]CC=C1c1ccc(F)cc1.C[Si](=[Zr+2])c1ccccc1.[Cl-].[Cl-]. The van der Waals surface area contributed by atoms with Gasteiger partial charge in [0.05, 0.1) is 0 Å². The smallest absolute Gasteiger partial charge is 1.00 e. The van der Waals surface area contributed by atoms with Gasteiger partial charge in [-0.1, -0.05) is 38.1 Å². The van der Waals surface area contributed by atoms with E-state index in [9.17, 15) is 8.78 Å². The molecule has 190 valence electrons. The summed E-state index contributed by atoms with van der Waals surface area (Å²) in [6.07, 6.45) is 12.4.